The topological polar surface area (TPSA) is 49.1 Å². The Balaban J connectivity index is 2.07. The summed E-state index contributed by atoms with van der Waals surface area (Å²) in [6.07, 6.45) is -10.6. The first-order chi connectivity index (χ1) is 16.6. The van der Waals surface area contributed by atoms with Crippen LogP contribution in [0, 0.1) is 23.7 Å². The Kier molecular flexibility index (Phi) is 7.51. The van der Waals surface area contributed by atoms with Crippen molar-refractivity contribution in [1.82, 2.24) is 9.88 Å². The Hall–Kier alpha value is -2.64. The van der Waals surface area contributed by atoms with Crippen LogP contribution in [0.25, 0.3) is 0 Å². The maximum Gasteiger partial charge on any atom is 0.427 e. The van der Waals surface area contributed by atoms with E-state index in [0.717, 1.165) is 5.69 Å². The van der Waals surface area contributed by atoms with Crippen LogP contribution in [0.3, 0.4) is 0 Å². The van der Waals surface area contributed by atoms with E-state index in [1.807, 2.05) is 6.07 Å². The van der Waals surface area contributed by atoms with Gasteiger partial charge in [-0.1, -0.05) is 18.2 Å². The number of pyridine rings is 1. The molecular formula is C26H29F6N3O. The molecular weight excluding hydrogens is 484 g/mol. The van der Waals surface area contributed by atoms with Crippen molar-refractivity contribution in [3.8, 4) is 6.07 Å². The van der Waals surface area contributed by atoms with Gasteiger partial charge in [-0.15, -0.1) is 0 Å². The predicted octanol–water partition coefficient (Wildman–Crippen LogP) is 6.33. The highest BCUT2D eigenvalue weighted by Crippen LogP contribution is 2.61. The first kappa shape index (κ1) is 27.9. The number of methoxy groups -OCH3 is 1. The zero-order valence-corrected chi connectivity index (χ0v) is 20.6. The molecule has 0 amide bonds. The largest absolute Gasteiger partial charge is 0.427 e. The number of nitriles is 1. The van der Waals surface area contributed by atoms with Crippen LogP contribution in [0.15, 0.2) is 42.6 Å². The van der Waals surface area contributed by atoms with Crippen molar-refractivity contribution in [2.75, 3.05) is 20.2 Å². The lowest BCUT2D eigenvalue weighted by Gasteiger charge is -2.49. The molecule has 0 unspecified atom stereocenters. The second kappa shape index (κ2) is 9.67. The van der Waals surface area contributed by atoms with Crippen LogP contribution >= 0.6 is 0 Å². The average Bonchev–Trinajstić information content (AvgIpc) is 3.23. The molecule has 0 radical (unpaired) electrons. The Morgan fingerprint density at radius 2 is 1.64 bits per heavy atom. The third-order valence-electron chi connectivity index (χ3n) is 7.59. The number of aryl methyl sites for hydroxylation is 2. The second-order valence-corrected chi connectivity index (χ2v) is 9.89. The van der Waals surface area contributed by atoms with E-state index in [4.69, 9.17) is 5.26 Å². The Morgan fingerprint density at radius 1 is 1.03 bits per heavy atom. The summed E-state index contributed by atoms with van der Waals surface area (Å²) in [7, 11) is 0.488. The summed E-state index contributed by atoms with van der Waals surface area (Å²) >= 11 is 0. The minimum Gasteiger partial charge on any atom is -0.361 e. The molecule has 2 heterocycles. The van der Waals surface area contributed by atoms with Crippen molar-refractivity contribution in [2.45, 2.75) is 63.5 Å². The molecule has 0 aliphatic carbocycles. The van der Waals surface area contributed by atoms with Crippen molar-refractivity contribution in [3.05, 3.63) is 65.0 Å². The van der Waals surface area contributed by atoms with Crippen LogP contribution in [0.5, 0.6) is 0 Å². The molecule has 0 bridgehead atoms. The maximum atomic E-state index is 14.5. The molecule has 0 saturated carbocycles. The van der Waals surface area contributed by atoms with Crippen molar-refractivity contribution < 1.29 is 31.1 Å². The molecule has 36 heavy (non-hydrogen) atoms. The summed E-state index contributed by atoms with van der Waals surface area (Å²) < 4.78 is 91.4. The molecule has 4 nitrogen and oxygen atoms in total. The SMILES string of the molecule is COC(C(F)(F)F)(C(F)(F)F)[C@@]1(CCc2ccc(C#N)cc2)CCN(C(C)(C)c2ccc(C)nc2)C1. The van der Waals surface area contributed by atoms with Crippen molar-refractivity contribution >= 4 is 0 Å². The summed E-state index contributed by atoms with van der Waals surface area (Å²) in [5, 5.41) is 8.98. The van der Waals surface area contributed by atoms with Gasteiger partial charge in [-0.2, -0.15) is 31.6 Å². The molecule has 196 valence electrons. The number of hydrogen-bond donors (Lipinski definition) is 0. The molecule has 1 fully saturated rings. The van der Waals surface area contributed by atoms with Crippen molar-refractivity contribution in [3.63, 3.8) is 0 Å². The van der Waals surface area contributed by atoms with Gasteiger partial charge >= 0.3 is 12.4 Å². The van der Waals surface area contributed by atoms with E-state index in [-0.39, 0.29) is 19.4 Å². The lowest BCUT2D eigenvalue weighted by molar-refractivity contribution is -0.409. The van der Waals surface area contributed by atoms with Gasteiger partial charge in [0.25, 0.3) is 5.60 Å². The van der Waals surface area contributed by atoms with E-state index in [0.29, 0.717) is 23.8 Å². The minimum atomic E-state index is -5.70. The van der Waals surface area contributed by atoms with E-state index in [2.05, 4.69) is 9.72 Å². The summed E-state index contributed by atoms with van der Waals surface area (Å²) in [5.74, 6) is 0. The zero-order chi connectivity index (χ0) is 27.0. The average molecular weight is 514 g/mol. The number of likely N-dealkylation sites (tertiary alicyclic amines) is 1. The van der Waals surface area contributed by atoms with Crippen LogP contribution in [0.4, 0.5) is 26.3 Å². The maximum absolute atomic E-state index is 14.5. The monoisotopic (exact) mass is 513 g/mol. The number of rotatable bonds is 7. The van der Waals surface area contributed by atoms with Gasteiger partial charge in [0, 0.05) is 36.5 Å². The van der Waals surface area contributed by atoms with E-state index < -0.39 is 41.9 Å². The molecule has 1 aliphatic heterocycles. The highest BCUT2D eigenvalue weighted by Gasteiger charge is 2.81. The molecule has 10 heteroatoms. The molecule has 1 atom stereocenters. The fraction of sp³-hybridized carbons (Fsp3) is 0.538. The van der Waals surface area contributed by atoms with Gasteiger partial charge in [-0.3, -0.25) is 9.88 Å². The molecule has 1 aromatic carbocycles. The quantitative estimate of drug-likeness (QED) is 0.406. The number of halogens is 6. The summed E-state index contributed by atoms with van der Waals surface area (Å²) in [6.45, 7) is 4.88. The fourth-order valence-electron chi connectivity index (χ4n) is 5.37. The molecule has 1 saturated heterocycles. The van der Waals surface area contributed by atoms with E-state index in [9.17, 15) is 26.3 Å². The van der Waals surface area contributed by atoms with Crippen LogP contribution < -0.4 is 0 Å². The van der Waals surface area contributed by atoms with Crippen LogP contribution in [0.1, 0.15) is 49.1 Å². The number of aromatic nitrogens is 1. The highest BCUT2D eigenvalue weighted by molar-refractivity contribution is 5.32. The molecule has 3 rings (SSSR count). The van der Waals surface area contributed by atoms with E-state index >= 15 is 0 Å². The molecule has 2 aromatic rings. The van der Waals surface area contributed by atoms with Crippen LogP contribution in [-0.4, -0.2) is 48.0 Å². The molecule has 0 N–H and O–H groups in total. The number of hydrogen-bond acceptors (Lipinski definition) is 4. The Morgan fingerprint density at radius 3 is 2.11 bits per heavy atom. The van der Waals surface area contributed by atoms with Gasteiger partial charge in [-0.25, -0.2) is 0 Å². The second-order valence-electron chi connectivity index (χ2n) is 9.89. The highest BCUT2D eigenvalue weighted by atomic mass is 19.4. The van der Waals surface area contributed by atoms with Crippen LogP contribution in [0.2, 0.25) is 0 Å². The number of nitrogens with zero attached hydrogens (tertiary/aromatic N) is 3. The normalized spacial score (nSPS) is 19.9. The van der Waals surface area contributed by atoms with Gasteiger partial charge in [0.1, 0.15) is 0 Å². The van der Waals surface area contributed by atoms with Gasteiger partial charge in [0.2, 0.25) is 0 Å². The Bertz CT molecular complexity index is 1070. The summed E-state index contributed by atoms with van der Waals surface area (Å²) in [5.41, 5.74) is -5.18. The Labute approximate surface area is 206 Å². The van der Waals surface area contributed by atoms with Crippen molar-refractivity contribution in [1.29, 1.82) is 5.26 Å². The summed E-state index contributed by atoms with van der Waals surface area (Å²) in [6, 6.07) is 11.6. The number of benzene rings is 1. The fourth-order valence-corrected chi connectivity index (χ4v) is 5.37. The smallest absolute Gasteiger partial charge is 0.361 e. The lowest BCUT2D eigenvalue weighted by atomic mass is 9.66. The number of ether oxygens (including phenoxy) is 1. The third-order valence-corrected chi connectivity index (χ3v) is 7.59. The van der Waals surface area contributed by atoms with E-state index in [1.165, 1.54) is 12.1 Å². The molecule has 1 aliphatic rings. The first-order valence-corrected chi connectivity index (χ1v) is 11.5. The van der Waals surface area contributed by atoms with Gasteiger partial charge in [0.05, 0.1) is 11.6 Å². The number of alkyl halides is 6. The minimum absolute atomic E-state index is 0.0194. The molecule has 0 spiro atoms. The lowest BCUT2D eigenvalue weighted by Crippen LogP contribution is -2.69. The standard InChI is InChI=1S/C26H29F6N3O/c1-18-5-10-21(16-34-18)22(2,3)35-14-13-23(17-35,12-11-19-6-8-20(15-33)9-7-19)24(36-4,25(27,28)29)26(30,31)32/h5-10,16H,11-14,17H2,1-4H3/t23-/m0/s1. The van der Waals surface area contributed by atoms with E-state index in [1.54, 1.807) is 56.1 Å². The third kappa shape index (κ3) is 4.71. The first-order valence-electron chi connectivity index (χ1n) is 11.5. The van der Waals surface area contributed by atoms with Crippen LogP contribution in [-0.2, 0) is 16.7 Å². The van der Waals surface area contributed by atoms with Gasteiger partial charge in [0.15, 0.2) is 0 Å². The van der Waals surface area contributed by atoms with Gasteiger partial charge < -0.3 is 4.74 Å². The van der Waals surface area contributed by atoms with Gasteiger partial charge in [-0.05, 0) is 75.9 Å². The van der Waals surface area contributed by atoms with Crippen molar-refractivity contribution in [2.24, 2.45) is 5.41 Å². The predicted molar refractivity (Wildman–Crippen MR) is 122 cm³/mol. The summed E-state index contributed by atoms with van der Waals surface area (Å²) in [4.78, 5) is 5.91. The molecule has 1 aromatic heterocycles. The zero-order valence-electron chi connectivity index (χ0n) is 20.6.